The molecule has 1 aromatic heterocycles. The molecule has 24 heavy (non-hydrogen) atoms. The second kappa shape index (κ2) is 6.92. The van der Waals surface area contributed by atoms with Crippen molar-refractivity contribution in [3.05, 3.63) is 41.6 Å². The number of fused-ring (bicyclic) bond motifs is 1. The maximum atomic E-state index is 14.3. The van der Waals surface area contributed by atoms with Gasteiger partial charge in [-0.1, -0.05) is 13.0 Å². The van der Waals surface area contributed by atoms with Gasteiger partial charge in [-0.3, -0.25) is 4.79 Å². The lowest BCUT2D eigenvalue weighted by atomic mass is 10.1. The lowest BCUT2D eigenvalue weighted by molar-refractivity contribution is -0.122. The molecule has 1 aliphatic rings. The molecule has 0 fully saturated rings. The Morgan fingerprint density at radius 1 is 1.42 bits per heavy atom. The zero-order chi connectivity index (χ0) is 17.1. The average Bonchev–Trinajstić information content (AvgIpc) is 3.02. The van der Waals surface area contributed by atoms with Crippen molar-refractivity contribution in [2.24, 2.45) is 0 Å². The summed E-state index contributed by atoms with van der Waals surface area (Å²) in [4.78, 5) is 21.7. The van der Waals surface area contributed by atoms with Gasteiger partial charge in [0.15, 0.2) is 11.6 Å². The van der Waals surface area contributed by atoms with Crippen LogP contribution in [0, 0.1) is 5.82 Å². The molecule has 0 saturated heterocycles. The van der Waals surface area contributed by atoms with Crippen LogP contribution in [0.5, 0.6) is 0 Å². The molecule has 2 aromatic rings. The van der Waals surface area contributed by atoms with Crippen molar-refractivity contribution in [1.29, 1.82) is 0 Å². The molecule has 0 saturated carbocycles. The number of ether oxygens (including phenoxy) is 1. The van der Waals surface area contributed by atoms with E-state index in [9.17, 15) is 9.18 Å². The third kappa shape index (κ3) is 2.94. The monoisotopic (exact) mass is 330 g/mol. The maximum Gasteiger partial charge on any atom is 0.252 e. The summed E-state index contributed by atoms with van der Waals surface area (Å²) in [5, 5.41) is 3.04. The Bertz CT molecular complexity index is 766. The van der Waals surface area contributed by atoms with Crippen LogP contribution < -0.4 is 10.2 Å². The van der Waals surface area contributed by atoms with Crippen molar-refractivity contribution in [2.45, 2.75) is 19.8 Å². The molecule has 1 aromatic carbocycles. The molecule has 3 rings (SSSR count). The quantitative estimate of drug-likeness (QED) is 0.912. The van der Waals surface area contributed by atoms with Gasteiger partial charge in [0.2, 0.25) is 0 Å². The molecule has 1 aliphatic heterocycles. The molecule has 0 bridgehead atoms. The van der Waals surface area contributed by atoms with Gasteiger partial charge >= 0.3 is 0 Å². The lowest BCUT2D eigenvalue weighted by Crippen LogP contribution is -2.31. The number of carbonyl (C=O) groups is 1. The fourth-order valence-corrected chi connectivity index (χ4v) is 2.88. The van der Waals surface area contributed by atoms with Gasteiger partial charge in [-0.2, -0.15) is 0 Å². The number of nitrogens with zero attached hydrogens (tertiary/aromatic N) is 3. The van der Waals surface area contributed by atoms with Crippen LogP contribution in [0.4, 0.5) is 21.6 Å². The van der Waals surface area contributed by atoms with Gasteiger partial charge in [0.1, 0.15) is 12.9 Å². The first-order valence-corrected chi connectivity index (χ1v) is 7.83. The Hall–Kier alpha value is -2.54. The van der Waals surface area contributed by atoms with Crippen LogP contribution in [0.3, 0.4) is 0 Å². The number of hydrogen-bond donors (Lipinski definition) is 1. The van der Waals surface area contributed by atoms with Crippen LogP contribution in [-0.4, -0.2) is 36.1 Å². The number of aromatic nitrogens is 2. The number of hydrogen-bond acceptors (Lipinski definition) is 5. The van der Waals surface area contributed by atoms with Crippen molar-refractivity contribution in [1.82, 2.24) is 9.97 Å². The van der Waals surface area contributed by atoms with E-state index in [1.54, 1.807) is 4.90 Å². The Morgan fingerprint density at radius 2 is 2.25 bits per heavy atom. The molecule has 0 unspecified atom stereocenters. The highest BCUT2D eigenvalue weighted by Crippen LogP contribution is 2.35. The summed E-state index contributed by atoms with van der Waals surface area (Å²) in [6.07, 6.45) is 2.54. The largest absolute Gasteiger partial charge is 0.375 e. The van der Waals surface area contributed by atoms with Gasteiger partial charge in [-0.25, -0.2) is 14.4 Å². The SMILES string of the molecule is CCc1ncnc(Nc2cccc3c2CCN3C(=O)COC)c1F. The summed E-state index contributed by atoms with van der Waals surface area (Å²) in [6.45, 7) is 2.47. The predicted octanol–water partition coefficient (Wildman–Crippen LogP) is 2.46. The van der Waals surface area contributed by atoms with Crippen molar-refractivity contribution in [3.63, 3.8) is 0 Å². The Morgan fingerprint density at radius 3 is 3.00 bits per heavy atom. The van der Waals surface area contributed by atoms with Gasteiger partial charge in [-0.05, 0) is 25.0 Å². The van der Waals surface area contributed by atoms with Crippen LogP contribution in [0.1, 0.15) is 18.2 Å². The van der Waals surface area contributed by atoms with Crippen LogP contribution in [-0.2, 0) is 22.4 Å². The summed E-state index contributed by atoms with van der Waals surface area (Å²) in [6, 6.07) is 5.57. The Kier molecular flexibility index (Phi) is 4.71. The molecule has 126 valence electrons. The number of halogens is 1. The van der Waals surface area contributed by atoms with Crippen molar-refractivity contribution in [2.75, 3.05) is 30.5 Å². The van der Waals surface area contributed by atoms with E-state index in [4.69, 9.17) is 4.74 Å². The minimum Gasteiger partial charge on any atom is -0.375 e. The first kappa shape index (κ1) is 16.3. The van der Waals surface area contributed by atoms with E-state index in [1.165, 1.54) is 13.4 Å². The number of amides is 1. The van der Waals surface area contributed by atoms with Crippen molar-refractivity contribution in [3.8, 4) is 0 Å². The summed E-state index contributed by atoms with van der Waals surface area (Å²) in [7, 11) is 1.50. The second-order valence-electron chi connectivity index (χ2n) is 5.49. The molecule has 0 atom stereocenters. The number of benzene rings is 1. The molecular weight excluding hydrogens is 311 g/mol. The van der Waals surface area contributed by atoms with Gasteiger partial charge in [0, 0.05) is 30.6 Å². The average molecular weight is 330 g/mol. The summed E-state index contributed by atoms with van der Waals surface area (Å²) >= 11 is 0. The molecule has 7 heteroatoms. The zero-order valence-electron chi connectivity index (χ0n) is 13.7. The van der Waals surface area contributed by atoms with Crippen LogP contribution in [0.15, 0.2) is 24.5 Å². The van der Waals surface area contributed by atoms with Gasteiger partial charge in [0.05, 0.1) is 5.69 Å². The van der Waals surface area contributed by atoms with E-state index in [0.717, 1.165) is 16.9 Å². The number of nitrogens with one attached hydrogen (secondary N) is 1. The maximum absolute atomic E-state index is 14.3. The van der Waals surface area contributed by atoms with E-state index >= 15 is 0 Å². The van der Waals surface area contributed by atoms with Crippen molar-refractivity contribution < 1.29 is 13.9 Å². The molecule has 0 radical (unpaired) electrons. The molecule has 0 spiro atoms. The highest BCUT2D eigenvalue weighted by Gasteiger charge is 2.26. The fraction of sp³-hybridized carbons (Fsp3) is 0.353. The number of anilines is 3. The molecule has 6 nitrogen and oxygen atoms in total. The second-order valence-corrected chi connectivity index (χ2v) is 5.49. The first-order chi connectivity index (χ1) is 11.7. The first-order valence-electron chi connectivity index (χ1n) is 7.83. The third-order valence-corrected chi connectivity index (χ3v) is 4.05. The van der Waals surface area contributed by atoms with Crippen LogP contribution in [0.2, 0.25) is 0 Å². The standard InChI is InChI=1S/C17H19FN4O2/c1-3-12-16(18)17(20-10-19-12)21-13-5-4-6-14-11(13)7-8-22(14)15(23)9-24-2/h4-6,10H,3,7-9H2,1-2H3,(H,19,20,21). The third-order valence-electron chi connectivity index (χ3n) is 4.05. The van der Waals surface area contributed by atoms with E-state index in [2.05, 4.69) is 15.3 Å². The Labute approximate surface area is 139 Å². The van der Waals surface area contributed by atoms with Gasteiger partial charge in [-0.15, -0.1) is 0 Å². The minimum absolute atomic E-state index is 0.0392. The number of rotatable bonds is 5. The van der Waals surface area contributed by atoms with Gasteiger partial charge in [0.25, 0.3) is 5.91 Å². The van der Waals surface area contributed by atoms with E-state index in [-0.39, 0.29) is 18.3 Å². The summed E-state index contributed by atoms with van der Waals surface area (Å²) < 4.78 is 19.3. The van der Waals surface area contributed by atoms with Gasteiger partial charge < -0.3 is 15.0 Å². The number of aryl methyl sites for hydroxylation is 1. The van der Waals surface area contributed by atoms with Crippen molar-refractivity contribution >= 4 is 23.1 Å². The smallest absolute Gasteiger partial charge is 0.252 e. The highest BCUT2D eigenvalue weighted by molar-refractivity contribution is 5.97. The molecule has 1 N–H and O–H groups in total. The van der Waals surface area contributed by atoms with E-state index < -0.39 is 5.82 Å². The molecule has 0 aliphatic carbocycles. The predicted molar refractivity (Wildman–Crippen MR) is 89.0 cm³/mol. The number of carbonyl (C=O) groups excluding carboxylic acids is 1. The van der Waals surface area contributed by atoms with E-state index in [1.807, 2.05) is 25.1 Å². The molecular formula is C17H19FN4O2. The Balaban J connectivity index is 1.91. The van der Waals surface area contributed by atoms with Crippen LogP contribution in [0.25, 0.3) is 0 Å². The summed E-state index contributed by atoms with van der Waals surface area (Å²) in [5.41, 5.74) is 2.92. The normalized spacial score (nSPS) is 13.0. The fourth-order valence-electron chi connectivity index (χ4n) is 2.88. The lowest BCUT2D eigenvalue weighted by Gasteiger charge is -2.17. The topological polar surface area (TPSA) is 67.4 Å². The molecule has 2 heterocycles. The molecule has 1 amide bonds. The number of methoxy groups -OCH3 is 1. The van der Waals surface area contributed by atoms with E-state index in [0.29, 0.717) is 25.1 Å². The highest BCUT2D eigenvalue weighted by atomic mass is 19.1. The summed E-state index contributed by atoms with van der Waals surface area (Å²) in [5.74, 6) is -0.380. The minimum atomic E-state index is -0.442. The van der Waals surface area contributed by atoms with Crippen LogP contribution >= 0.6 is 0 Å². The zero-order valence-corrected chi connectivity index (χ0v) is 13.7.